The summed E-state index contributed by atoms with van der Waals surface area (Å²) in [7, 11) is 0. The van der Waals surface area contributed by atoms with Crippen molar-refractivity contribution in [3.63, 3.8) is 0 Å². The SMILES string of the molecule is CC(C)(C)C1CCc2c(C(=O)N3CCN(c4cccc(Cl)c4)CC3)csc2C1. The molecule has 0 bridgehead atoms. The molecule has 1 unspecified atom stereocenters. The van der Waals surface area contributed by atoms with Gasteiger partial charge in [0.05, 0.1) is 5.56 Å². The van der Waals surface area contributed by atoms with Gasteiger partial charge in [0.2, 0.25) is 0 Å². The van der Waals surface area contributed by atoms with E-state index >= 15 is 0 Å². The van der Waals surface area contributed by atoms with Crippen LogP contribution in [0.4, 0.5) is 5.69 Å². The van der Waals surface area contributed by atoms with E-state index in [1.54, 1.807) is 11.3 Å². The molecule has 150 valence electrons. The van der Waals surface area contributed by atoms with Crippen molar-refractivity contribution in [3.8, 4) is 0 Å². The third-order valence-electron chi connectivity index (χ3n) is 6.35. The van der Waals surface area contributed by atoms with E-state index in [1.165, 1.54) is 16.9 Å². The van der Waals surface area contributed by atoms with Crippen LogP contribution in [-0.2, 0) is 12.8 Å². The number of nitrogens with zero attached hydrogens (tertiary/aromatic N) is 2. The Morgan fingerprint density at radius 3 is 2.61 bits per heavy atom. The zero-order valence-electron chi connectivity index (χ0n) is 17.0. The molecule has 1 atom stereocenters. The van der Waals surface area contributed by atoms with Crippen LogP contribution in [0.2, 0.25) is 5.02 Å². The van der Waals surface area contributed by atoms with E-state index < -0.39 is 0 Å². The van der Waals surface area contributed by atoms with Gasteiger partial charge in [-0.2, -0.15) is 0 Å². The van der Waals surface area contributed by atoms with Gasteiger partial charge in [-0.1, -0.05) is 38.4 Å². The van der Waals surface area contributed by atoms with Gasteiger partial charge in [0.1, 0.15) is 0 Å². The van der Waals surface area contributed by atoms with E-state index in [0.29, 0.717) is 11.3 Å². The number of hydrogen-bond acceptors (Lipinski definition) is 3. The standard InChI is InChI=1S/C23H29ClN2OS/c1-23(2,3)16-7-8-19-20(15-28-21(19)13-16)22(27)26-11-9-25(10-12-26)18-6-4-5-17(24)14-18/h4-6,14-16H,7-13H2,1-3H3. The summed E-state index contributed by atoms with van der Waals surface area (Å²) in [5.41, 5.74) is 3.76. The van der Waals surface area contributed by atoms with E-state index in [0.717, 1.165) is 55.3 Å². The molecule has 28 heavy (non-hydrogen) atoms. The molecule has 1 aromatic heterocycles. The molecule has 3 nitrogen and oxygen atoms in total. The van der Waals surface area contributed by atoms with Crippen molar-refractivity contribution in [2.45, 2.75) is 40.0 Å². The fourth-order valence-electron chi connectivity index (χ4n) is 4.44. The van der Waals surface area contributed by atoms with Crippen LogP contribution < -0.4 is 4.90 Å². The van der Waals surface area contributed by atoms with Crippen LogP contribution in [0.25, 0.3) is 0 Å². The Morgan fingerprint density at radius 2 is 1.93 bits per heavy atom. The van der Waals surface area contributed by atoms with Crippen molar-refractivity contribution < 1.29 is 4.79 Å². The van der Waals surface area contributed by atoms with Gasteiger partial charge in [-0.15, -0.1) is 11.3 Å². The maximum Gasteiger partial charge on any atom is 0.255 e. The highest BCUT2D eigenvalue weighted by atomic mass is 35.5. The fourth-order valence-corrected chi connectivity index (χ4v) is 5.78. The van der Waals surface area contributed by atoms with Crippen LogP contribution in [-0.4, -0.2) is 37.0 Å². The average molecular weight is 417 g/mol. The van der Waals surface area contributed by atoms with Gasteiger partial charge >= 0.3 is 0 Å². The van der Waals surface area contributed by atoms with Gasteiger partial charge in [0, 0.05) is 47.1 Å². The smallest absolute Gasteiger partial charge is 0.255 e. The van der Waals surface area contributed by atoms with Crippen molar-refractivity contribution in [1.82, 2.24) is 4.90 Å². The number of carbonyl (C=O) groups is 1. The third kappa shape index (κ3) is 3.95. The summed E-state index contributed by atoms with van der Waals surface area (Å²) in [4.78, 5) is 19.0. The summed E-state index contributed by atoms with van der Waals surface area (Å²) in [5.74, 6) is 0.931. The molecule has 4 rings (SSSR count). The minimum absolute atomic E-state index is 0.220. The molecule has 1 amide bonds. The van der Waals surface area contributed by atoms with Crippen LogP contribution >= 0.6 is 22.9 Å². The Hall–Kier alpha value is -1.52. The number of carbonyl (C=O) groups excluding carboxylic acids is 1. The Balaban J connectivity index is 1.42. The Kier molecular flexibility index (Phi) is 5.45. The average Bonchev–Trinajstić information content (AvgIpc) is 3.10. The molecular weight excluding hydrogens is 388 g/mol. The summed E-state index contributed by atoms with van der Waals surface area (Å²) in [6.45, 7) is 10.2. The molecule has 0 radical (unpaired) electrons. The van der Waals surface area contributed by atoms with Crippen molar-refractivity contribution in [2.24, 2.45) is 11.3 Å². The lowest BCUT2D eigenvalue weighted by molar-refractivity contribution is 0.0745. The summed E-state index contributed by atoms with van der Waals surface area (Å²) in [6, 6.07) is 7.97. The fraction of sp³-hybridized carbons (Fsp3) is 0.522. The number of fused-ring (bicyclic) bond motifs is 1. The normalized spacial score (nSPS) is 20.2. The largest absolute Gasteiger partial charge is 0.368 e. The van der Waals surface area contributed by atoms with E-state index in [-0.39, 0.29) is 5.91 Å². The lowest BCUT2D eigenvalue weighted by Gasteiger charge is -2.37. The quantitative estimate of drug-likeness (QED) is 0.643. The van der Waals surface area contributed by atoms with Gasteiger partial charge in [-0.3, -0.25) is 4.79 Å². The first-order valence-corrected chi connectivity index (χ1v) is 11.5. The number of anilines is 1. The van der Waals surface area contributed by atoms with Gasteiger partial charge < -0.3 is 9.80 Å². The minimum Gasteiger partial charge on any atom is -0.368 e. The number of piperazine rings is 1. The number of rotatable bonds is 2. The predicted molar refractivity (Wildman–Crippen MR) is 119 cm³/mol. The first-order valence-electron chi connectivity index (χ1n) is 10.2. The Labute approximate surface area is 177 Å². The number of hydrogen-bond donors (Lipinski definition) is 0. The minimum atomic E-state index is 0.220. The van der Waals surface area contributed by atoms with Crippen LogP contribution in [0.15, 0.2) is 29.6 Å². The zero-order chi connectivity index (χ0) is 19.9. The van der Waals surface area contributed by atoms with Gasteiger partial charge in [0.25, 0.3) is 5.91 Å². The Morgan fingerprint density at radius 1 is 1.18 bits per heavy atom. The van der Waals surface area contributed by atoms with Crippen molar-refractivity contribution in [2.75, 3.05) is 31.1 Å². The molecule has 1 aliphatic carbocycles. The van der Waals surface area contributed by atoms with E-state index in [1.807, 2.05) is 23.1 Å². The van der Waals surface area contributed by atoms with E-state index in [2.05, 4.69) is 37.1 Å². The van der Waals surface area contributed by atoms with E-state index in [9.17, 15) is 4.79 Å². The molecule has 1 aliphatic heterocycles. The molecule has 1 fully saturated rings. The second-order valence-electron chi connectivity index (χ2n) is 9.12. The second-order valence-corrected chi connectivity index (χ2v) is 10.5. The second kappa shape index (κ2) is 7.72. The highest BCUT2D eigenvalue weighted by Gasteiger charge is 2.33. The van der Waals surface area contributed by atoms with Crippen LogP contribution in [0.5, 0.6) is 0 Å². The molecule has 1 aromatic carbocycles. The lowest BCUT2D eigenvalue weighted by Crippen LogP contribution is -2.49. The monoisotopic (exact) mass is 416 g/mol. The Bertz CT molecular complexity index is 862. The van der Waals surface area contributed by atoms with Crippen molar-refractivity contribution in [3.05, 3.63) is 50.7 Å². The van der Waals surface area contributed by atoms with Crippen LogP contribution in [0, 0.1) is 11.3 Å². The maximum atomic E-state index is 13.2. The van der Waals surface area contributed by atoms with Crippen molar-refractivity contribution in [1.29, 1.82) is 0 Å². The summed E-state index contributed by atoms with van der Waals surface area (Å²) >= 11 is 7.92. The highest BCUT2D eigenvalue weighted by molar-refractivity contribution is 7.10. The van der Waals surface area contributed by atoms with Crippen LogP contribution in [0.3, 0.4) is 0 Å². The predicted octanol–water partition coefficient (Wildman–Crippen LogP) is 5.51. The van der Waals surface area contributed by atoms with Crippen LogP contribution in [0.1, 0.15) is 48.0 Å². The maximum absolute atomic E-state index is 13.2. The lowest BCUT2D eigenvalue weighted by atomic mass is 9.72. The highest BCUT2D eigenvalue weighted by Crippen LogP contribution is 2.40. The van der Waals surface area contributed by atoms with E-state index in [4.69, 9.17) is 11.6 Å². The summed E-state index contributed by atoms with van der Waals surface area (Å²) in [5, 5.41) is 2.87. The number of amides is 1. The summed E-state index contributed by atoms with van der Waals surface area (Å²) < 4.78 is 0. The summed E-state index contributed by atoms with van der Waals surface area (Å²) in [6.07, 6.45) is 3.36. The zero-order valence-corrected chi connectivity index (χ0v) is 18.6. The number of benzene rings is 1. The van der Waals surface area contributed by atoms with Gasteiger partial charge in [-0.05, 0) is 54.4 Å². The van der Waals surface area contributed by atoms with Gasteiger partial charge in [0.15, 0.2) is 0 Å². The number of halogens is 1. The topological polar surface area (TPSA) is 23.6 Å². The third-order valence-corrected chi connectivity index (χ3v) is 7.64. The molecule has 2 aromatic rings. The molecule has 0 N–H and O–H groups in total. The molecule has 2 heterocycles. The van der Waals surface area contributed by atoms with Crippen molar-refractivity contribution >= 4 is 34.5 Å². The molecule has 2 aliphatic rings. The molecule has 5 heteroatoms. The molecule has 0 saturated carbocycles. The van der Waals surface area contributed by atoms with Gasteiger partial charge in [-0.25, -0.2) is 0 Å². The first-order chi connectivity index (χ1) is 13.3. The molecule has 1 saturated heterocycles. The number of thiophene rings is 1. The molecule has 0 spiro atoms. The molecular formula is C23H29ClN2OS. The first kappa shape index (κ1) is 19.8.